The first-order valence-electron chi connectivity index (χ1n) is 11.6. The Labute approximate surface area is 207 Å². The SMILES string of the molecule is COc1cc([C@H]2C(C#N)=C(N)OC3=C2C(=O)C[C@@H](c2ccco2)C3)ccc1OC(=O)N1CCOCC1. The summed E-state index contributed by atoms with van der Waals surface area (Å²) in [5.41, 5.74) is 7.26. The second kappa shape index (κ2) is 9.79. The first-order valence-corrected chi connectivity index (χ1v) is 11.6. The molecule has 2 N–H and O–H groups in total. The zero-order valence-corrected chi connectivity index (χ0v) is 19.7. The van der Waals surface area contributed by atoms with Gasteiger partial charge in [-0.25, -0.2) is 4.79 Å². The smallest absolute Gasteiger partial charge is 0.415 e. The van der Waals surface area contributed by atoms with Crippen molar-refractivity contribution in [1.29, 1.82) is 5.26 Å². The number of furan rings is 1. The van der Waals surface area contributed by atoms with Crippen LogP contribution in [0.4, 0.5) is 4.79 Å². The Balaban J connectivity index is 1.48. The maximum atomic E-state index is 13.4. The van der Waals surface area contributed by atoms with Crippen LogP contribution in [0.2, 0.25) is 0 Å². The Hall–Kier alpha value is -4.23. The Morgan fingerprint density at radius 1 is 1.19 bits per heavy atom. The van der Waals surface area contributed by atoms with Crippen molar-refractivity contribution in [2.75, 3.05) is 33.4 Å². The maximum absolute atomic E-state index is 13.4. The maximum Gasteiger partial charge on any atom is 0.415 e. The van der Waals surface area contributed by atoms with E-state index in [0.29, 0.717) is 55.4 Å². The summed E-state index contributed by atoms with van der Waals surface area (Å²) in [6.07, 6.45) is 1.69. The Morgan fingerprint density at radius 2 is 2.00 bits per heavy atom. The van der Waals surface area contributed by atoms with Gasteiger partial charge in [-0.05, 0) is 29.8 Å². The third kappa shape index (κ3) is 4.29. The third-order valence-corrected chi connectivity index (χ3v) is 6.59. The molecule has 0 saturated carbocycles. The Bertz CT molecular complexity index is 1280. The summed E-state index contributed by atoms with van der Waals surface area (Å²) in [5.74, 6) is 0.521. The van der Waals surface area contributed by atoms with Gasteiger partial charge < -0.3 is 34.0 Å². The van der Waals surface area contributed by atoms with Gasteiger partial charge in [0.1, 0.15) is 23.2 Å². The summed E-state index contributed by atoms with van der Waals surface area (Å²) < 4.78 is 27.6. The highest BCUT2D eigenvalue weighted by Gasteiger charge is 2.41. The molecule has 1 aromatic heterocycles. The minimum Gasteiger partial charge on any atom is -0.493 e. The molecule has 0 spiro atoms. The highest BCUT2D eigenvalue weighted by atomic mass is 16.6. The Kier molecular flexibility index (Phi) is 6.40. The molecule has 0 bridgehead atoms. The lowest BCUT2D eigenvalue weighted by Crippen LogP contribution is -2.42. The highest BCUT2D eigenvalue weighted by molar-refractivity contribution is 6.00. The molecule has 3 heterocycles. The van der Waals surface area contributed by atoms with Crippen LogP contribution in [0.3, 0.4) is 0 Å². The minimum absolute atomic E-state index is 0.0454. The summed E-state index contributed by atoms with van der Waals surface area (Å²) in [7, 11) is 1.45. The van der Waals surface area contributed by atoms with E-state index in [-0.39, 0.29) is 41.1 Å². The number of ether oxygens (including phenoxy) is 4. The molecule has 10 heteroatoms. The molecule has 2 aliphatic heterocycles. The summed E-state index contributed by atoms with van der Waals surface area (Å²) in [6.45, 7) is 1.78. The summed E-state index contributed by atoms with van der Waals surface area (Å²) >= 11 is 0. The fraction of sp³-hybridized carbons (Fsp3) is 0.346. The number of carbonyl (C=O) groups is 2. The molecule has 0 unspecified atom stereocenters. The van der Waals surface area contributed by atoms with Crippen molar-refractivity contribution >= 4 is 11.9 Å². The monoisotopic (exact) mass is 491 g/mol. The van der Waals surface area contributed by atoms with Crippen LogP contribution in [-0.4, -0.2) is 50.2 Å². The lowest BCUT2D eigenvalue weighted by atomic mass is 9.74. The van der Waals surface area contributed by atoms with Crippen LogP contribution in [-0.2, 0) is 14.3 Å². The zero-order chi connectivity index (χ0) is 25.2. The van der Waals surface area contributed by atoms with Crippen molar-refractivity contribution in [3.63, 3.8) is 0 Å². The van der Waals surface area contributed by atoms with Gasteiger partial charge >= 0.3 is 6.09 Å². The first kappa shape index (κ1) is 23.5. The molecule has 0 radical (unpaired) electrons. The van der Waals surface area contributed by atoms with Gasteiger partial charge in [0.05, 0.1) is 32.5 Å². The molecule has 5 rings (SSSR count). The molecule has 1 saturated heterocycles. The van der Waals surface area contributed by atoms with Gasteiger partial charge in [-0.2, -0.15) is 5.26 Å². The molecule has 186 valence electrons. The largest absolute Gasteiger partial charge is 0.493 e. The number of nitrogens with zero attached hydrogens (tertiary/aromatic N) is 2. The van der Waals surface area contributed by atoms with E-state index in [2.05, 4.69) is 6.07 Å². The number of nitriles is 1. The molecule has 1 fully saturated rings. The molecular formula is C26H25N3O7. The number of hydrogen-bond donors (Lipinski definition) is 1. The number of rotatable bonds is 4. The third-order valence-electron chi connectivity index (χ3n) is 6.59. The lowest BCUT2D eigenvalue weighted by Gasteiger charge is -2.33. The van der Waals surface area contributed by atoms with Crippen LogP contribution in [0.5, 0.6) is 11.5 Å². The number of carbonyl (C=O) groups excluding carboxylic acids is 2. The van der Waals surface area contributed by atoms with Gasteiger partial charge in [0, 0.05) is 37.4 Å². The van der Waals surface area contributed by atoms with Crippen LogP contribution < -0.4 is 15.2 Å². The molecule has 2 aromatic rings. The number of Topliss-reactive ketones (excluding diaryl/α,β-unsaturated/α-hetero) is 1. The van der Waals surface area contributed by atoms with Crippen molar-refractivity contribution in [3.8, 4) is 17.6 Å². The van der Waals surface area contributed by atoms with Gasteiger partial charge in [-0.15, -0.1) is 0 Å². The van der Waals surface area contributed by atoms with E-state index in [4.69, 9.17) is 29.1 Å². The fourth-order valence-electron chi connectivity index (χ4n) is 4.82. The second-order valence-electron chi connectivity index (χ2n) is 8.68. The molecule has 3 aliphatic rings. The summed E-state index contributed by atoms with van der Waals surface area (Å²) in [5, 5.41) is 9.88. The van der Waals surface area contributed by atoms with Gasteiger partial charge in [-0.3, -0.25) is 4.79 Å². The number of ketones is 1. The number of amides is 1. The average Bonchev–Trinajstić information content (AvgIpc) is 3.44. The van der Waals surface area contributed by atoms with E-state index in [0.717, 1.165) is 0 Å². The van der Waals surface area contributed by atoms with E-state index in [9.17, 15) is 14.9 Å². The molecule has 1 amide bonds. The van der Waals surface area contributed by atoms with Crippen LogP contribution in [0, 0.1) is 11.3 Å². The number of hydrogen-bond acceptors (Lipinski definition) is 9. The standard InChI is InChI=1S/C26H25N3O7/c1-32-21-12-15(4-5-20(21)36-26(31)29-6-9-33-10-7-29)23-17(14-27)25(28)35-22-13-16(11-18(30)24(22)23)19-3-2-8-34-19/h2-5,8,12,16,23H,6-7,9-11,13,28H2,1H3/t16-,23+/m1/s1. The topological polar surface area (TPSA) is 137 Å². The fourth-order valence-corrected chi connectivity index (χ4v) is 4.82. The average molecular weight is 492 g/mol. The van der Waals surface area contributed by atoms with E-state index in [1.807, 2.05) is 6.07 Å². The predicted octanol–water partition coefficient (Wildman–Crippen LogP) is 3.33. The number of morpholine rings is 1. The van der Waals surface area contributed by atoms with Crippen molar-refractivity contribution in [1.82, 2.24) is 4.90 Å². The minimum atomic E-state index is -0.735. The molecule has 1 aliphatic carbocycles. The summed E-state index contributed by atoms with van der Waals surface area (Å²) in [6, 6.07) is 10.6. The molecule has 2 atom stereocenters. The van der Waals surface area contributed by atoms with Crippen molar-refractivity contribution in [3.05, 3.63) is 70.7 Å². The first-order chi connectivity index (χ1) is 17.5. The van der Waals surface area contributed by atoms with Gasteiger partial charge in [0.15, 0.2) is 17.3 Å². The number of methoxy groups -OCH3 is 1. The molecule has 36 heavy (non-hydrogen) atoms. The zero-order valence-electron chi connectivity index (χ0n) is 19.7. The number of benzene rings is 1. The van der Waals surface area contributed by atoms with E-state index < -0.39 is 12.0 Å². The lowest BCUT2D eigenvalue weighted by molar-refractivity contribution is -0.117. The molecule has 10 nitrogen and oxygen atoms in total. The van der Waals surface area contributed by atoms with Crippen LogP contribution in [0.15, 0.2) is 63.8 Å². The second-order valence-corrected chi connectivity index (χ2v) is 8.68. The van der Waals surface area contributed by atoms with Gasteiger partial charge in [-0.1, -0.05) is 6.07 Å². The van der Waals surface area contributed by atoms with Crippen molar-refractivity contribution in [2.24, 2.45) is 5.73 Å². The van der Waals surface area contributed by atoms with Crippen molar-refractivity contribution in [2.45, 2.75) is 24.7 Å². The highest BCUT2D eigenvalue weighted by Crippen LogP contribution is 2.47. The van der Waals surface area contributed by atoms with Gasteiger partial charge in [0.25, 0.3) is 0 Å². The van der Waals surface area contributed by atoms with Crippen LogP contribution in [0.25, 0.3) is 0 Å². The molecular weight excluding hydrogens is 466 g/mol. The van der Waals surface area contributed by atoms with Crippen LogP contribution >= 0.6 is 0 Å². The quantitative estimate of drug-likeness (QED) is 0.682. The number of allylic oxidation sites excluding steroid dienone is 3. The number of nitrogens with two attached hydrogens (primary N) is 1. The van der Waals surface area contributed by atoms with Crippen LogP contribution in [0.1, 0.15) is 36.0 Å². The Morgan fingerprint density at radius 3 is 2.69 bits per heavy atom. The van der Waals surface area contributed by atoms with E-state index in [1.165, 1.54) is 7.11 Å². The van der Waals surface area contributed by atoms with Crippen molar-refractivity contribution < 1.29 is 33.0 Å². The van der Waals surface area contributed by atoms with E-state index in [1.54, 1.807) is 35.4 Å². The molecule has 1 aromatic carbocycles. The van der Waals surface area contributed by atoms with Gasteiger partial charge in [0.2, 0.25) is 5.88 Å². The summed E-state index contributed by atoms with van der Waals surface area (Å²) in [4.78, 5) is 27.5. The predicted molar refractivity (Wildman–Crippen MR) is 125 cm³/mol. The normalized spacial score (nSPS) is 22.0. The van der Waals surface area contributed by atoms with E-state index >= 15 is 0 Å².